The summed E-state index contributed by atoms with van der Waals surface area (Å²) >= 11 is 3.31. The molecule has 1 aromatic rings. The van der Waals surface area contributed by atoms with Crippen molar-refractivity contribution in [3.63, 3.8) is 0 Å². The first-order chi connectivity index (χ1) is 7.18. The van der Waals surface area contributed by atoms with Crippen molar-refractivity contribution in [2.45, 2.75) is 6.54 Å². The molecule has 0 radical (unpaired) electrons. The Kier molecular flexibility index (Phi) is 2.64. The van der Waals surface area contributed by atoms with Crippen molar-refractivity contribution in [3.8, 4) is 0 Å². The molecule has 0 spiro atoms. The maximum Gasteiger partial charge on any atom is 0.253 e. The van der Waals surface area contributed by atoms with Gasteiger partial charge in [0, 0.05) is 29.0 Å². The van der Waals surface area contributed by atoms with Crippen LogP contribution in [0.1, 0.15) is 5.56 Å². The van der Waals surface area contributed by atoms with E-state index in [1.807, 2.05) is 0 Å². The molecule has 2 rings (SSSR count). The zero-order valence-electron chi connectivity index (χ0n) is 7.68. The van der Waals surface area contributed by atoms with Crippen molar-refractivity contribution in [2.75, 3.05) is 0 Å². The fourth-order valence-electron chi connectivity index (χ4n) is 1.29. The first-order valence-electron chi connectivity index (χ1n) is 4.30. The van der Waals surface area contributed by atoms with Crippen molar-refractivity contribution in [3.05, 3.63) is 40.6 Å². The Balaban J connectivity index is 2.20. The highest BCUT2D eigenvalue weighted by Crippen LogP contribution is 2.18. The number of nitrogens with zero attached hydrogens (tertiary/aromatic N) is 2. The van der Waals surface area contributed by atoms with Crippen LogP contribution < -0.4 is 0 Å². The first-order valence-corrected chi connectivity index (χ1v) is 5.09. The third kappa shape index (κ3) is 1.97. The van der Waals surface area contributed by atoms with E-state index in [1.54, 1.807) is 18.5 Å². The smallest absolute Gasteiger partial charge is 0.253 e. The molecule has 1 aliphatic rings. The molecule has 15 heavy (non-hydrogen) atoms. The minimum absolute atomic E-state index is 0.272. The molecule has 5 heteroatoms. The second-order valence-electron chi connectivity index (χ2n) is 3.06. The third-order valence-corrected chi connectivity index (χ3v) is 2.80. The molecule has 0 unspecified atom stereocenters. The lowest BCUT2D eigenvalue weighted by Gasteiger charge is -2.14. The fourth-order valence-corrected chi connectivity index (χ4v) is 1.67. The molecule has 0 aliphatic carbocycles. The third-order valence-electron chi connectivity index (χ3n) is 2.09. The van der Waals surface area contributed by atoms with E-state index in [2.05, 4.69) is 20.9 Å². The topological polar surface area (TPSA) is 50.3 Å². The predicted molar refractivity (Wildman–Crippen MR) is 56.6 cm³/mol. The number of pyridine rings is 1. The Hall–Kier alpha value is -1.49. The standard InChI is InChI=1S/C10H7BrN2O2/c11-8-5-12-4-3-7(8)6-13-9(14)1-2-10(13)15/h1-5H,6H2. The monoisotopic (exact) mass is 266 g/mol. The molecular formula is C10H7BrN2O2. The van der Waals surface area contributed by atoms with E-state index in [0.29, 0.717) is 0 Å². The molecule has 2 heterocycles. The van der Waals surface area contributed by atoms with Gasteiger partial charge in [0.25, 0.3) is 11.8 Å². The first kappa shape index (κ1) is 10.0. The van der Waals surface area contributed by atoms with Crippen LogP contribution in [0.3, 0.4) is 0 Å². The SMILES string of the molecule is O=C1C=CC(=O)N1Cc1ccncc1Br. The van der Waals surface area contributed by atoms with E-state index >= 15 is 0 Å². The Labute approximate surface area is 94.7 Å². The number of hydrogen-bond acceptors (Lipinski definition) is 3. The van der Waals surface area contributed by atoms with E-state index < -0.39 is 0 Å². The van der Waals surface area contributed by atoms with Crippen LogP contribution in [-0.2, 0) is 16.1 Å². The number of aromatic nitrogens is 1. The summed E-state index contributed by atoms with van der Waals surface area (Å²) < 4.78 is 0.789. The van der Waals surface area contributed by atoms with Gasteiger partial charge in [0.2, 0.25) is 0 Å². The van der Waals surface area contributed by atoms with Gasteiger partial charge in [-0.25, -0.2) is 0 Å². The molecule has 0 aromatic carbocycles. The minimum atomic E-state index is -0.274. The number of halogens is 1. The second kappa shape index (κ2) is 3.94. The highest BCUT2D eigenvalue weighted by Gasteiger charge is 2.23. The van der Waals surface area contributed by atoms with Crippen molar-refractivity contribution < 1.29 is 9.59 Å². The highest BCUT2D eigenvalue weighted by atomic mass is 79.9. The molecule has 4 nitrogen and oxygen atoms in total. The van der Waals surface area contributed by atoms with Crippen molar-refractivity contribution in [1.29, 1.82) is 0 Å². The van der Waals surface area contributed by atoms with E-state index in [1.165, 1.54) is 17.1 Å². The second-order valence-corrected chi connectivity index (χ2v) is 3.92. The number of imide groups is 1. The van der Waals surface area contributed by atoms with Crippen LogP contribution in [0.4, 0.5) is 0 Å². The maximum atomic E-state index is 11.3. The molecule has 1 aliphatic heterocycles. The van der Waals surface area contributed by atoms with Gasteiger partial charge in [-0.1, -0.05) is 0 Å². The number of carbonyl (C=O) groups is 2. The fraction of sp³-hybridized carbons (Fsp3) is 0.100. The Morgan fingerprint density at radius 2 is 1.93 bits per heavy atom. The summed E-state index contributed by atoms with van der Waals surface area (Å²) in [6, 6.07) is 1.77. The molecule has 0 saturated carbocycles. The van der Waals surface area contributed by atoms with Crippen molar-refractivity contribution in [2.24, 2.45) is 0 Å². The van der Waals surface area contributed by atoms with Crippen LogP contribution >= 0.6 is 15.9 Å². The van der Waals surface area contributed by atoms with Gasteiger partial charge in [0.1, 0.15) is 0 Å². The molecule has 2 amide bonds. The molecule has 1 aromatic heterocycles. The average molecular weight is 267 g/mol. The Bertz CT molecular complexity index is 438. The van der Waals surface area contributed by atoms with E-state index in [-0.39, 0.29) is 18.4 Å². The summed E-state index contributed by atoms with van der Waals surface area (Å²) in [5, 5.41) is 0. The molecular weight excluding hydrogens is 260 g/mol. The normalized spacial score (nSPS) is 15.1. The van der Waals surface area contributed by atoms with Crippen LogP contribution in [0.15, 0.2) is 35.1 Å². The zero-order valence-corrected chi connectivity index (χ0v) is 9.27. The Morgan fingerprint density at radius 3 is 2.53 bits per heavy atom. The molecule has 0 saturated heterocycles. The van der Waals surface area contributed by atoms with Crippen molar-refractivity contribution in [1.82, 2.24) is 9.88 Å². The van der Waals surface area contributed by atoms with E-state index in [0.717, 1.165) is 10.0 Å². The summed E-state index contributed by atoms with van der Waals surface area (Å²) in [5.41, 5.74) is 0.857. The lowest BCUT2D eigenvalue weighted by atomic mass is 10.2. The van der Waals surface area contributed by atoms with Gasteiger partial charge >= 0.3 is 0 Å². The molecule has 0 N–H and O–H groups in total. The van der Waals surface area contributed by atoms with Crippen LogP contribution in [0.5, 0.6) is 0 Å². The summed E-state index contributed by atoms with van der Waals surface area (Å²) in [7, 11) is 0. The number of hydrogen-bond donors (Lipinski definition) is 0. The lowest BCUT2D eigenvalue weighted by Crippen LogP contribution is -2.29. The maximum absolute atomic E-state index is 11.3. The average Bonchev–Trinajstić information content (AvgIpc) is 2.53. The van der Waals surface area contributed by atoms with Gasteiger partial charge in [-0.2, -0.15) is 0 Å². The number of rotatable bonds is 2. The molecule has 0 bridgehead atoms. The van der Waals surface area contributed by atoms with Gasteiger partial charge in [-0.15, -0.1) is 0 Å². The van der Waals surface area contributed by atoms with E-state index in [9.17, 15) is 9.59 Å². The minimum Gasteiger partial charge on any atom is -0.271 e. The molecule has 76 valence electrons. The van der Waals surface area contributed by atoms with Crippen LogP contribution in [-0.4, -0.2) is 21.7 Å². The quantitative estimate of drug-likeness (QED) is 0.758. The van der Waals surface area contributed by atoms with Crippen LogP contribution in [0.25, 0.3) is 0 Å². The largest absolute Gasteiger partial charge is 0.271 e. The summed E-state index contributed by atoms with van der Waals surface area (Å²) in [6.45, 7) is 0.272. The van der Waals surface area contributed by atoms with Gasteiger partial charge in [-0.05, 0) is 27.6 Å². The molecule has 0 atom stereocenters. The zero-order chi connectivity index (χ0) is 10.8. The van der Waals surface area contributed by atoms with E-state index in [4.69, 9.17) is 0 Å². The predicted octanol–water partition coefficient (Wildman–Crippen LogP) is 1.27. The Morgan fingerprint density at radius 1 is 1.27 bits per heavy atom. The summed E-state index contributed by atoms with van der Waals surface area (Å²) in [5.74, 6) is -0.549. The van der Waals surface area contributed by atoms with Gasteiger partial charge in [0.15, 0.2) is 0 Å². The van der Waals surface area contributed by atoms with Crippen molar-refractivity contribution >= 4 is 27.7 Å². The van der Waals surface area contributed by atoms with Crippen LogP contribution in [0.2, 0.25) is 0 Å². The molecule has 0 fully saturated rings. The van der Waals surface area contributed by atoms with Gasteiger partial charge < -0.3 is 0 Å². The van der Waals surface area contributed by atoms with Gasteiger partial charge in [-0.3, -0.25) is 19.5 Å². The van der Waals surface area contributed by atoms with Crippen LogP contribution in [0, 0.1) is 0 Å². The summed E-state index contributed by atoms with van der Waals surface area (Å²) in [4.78, 5) is 27.7. The number of amides is 2. The van der Waals surface area contributed by atoms with Gasteiger partial charge in [0.05, 0.1) is 6.54 Å². The number of carbonyl (C=O) groups excluding carboxylic acids is 2. The summed E-state index contributed by atoms with van der Waals surface area (Å²) in [6.07, 6.45) is 5.81. The highest BCUT2D eigenvalue weighted by molar-refractivity contribution is 9.10. The lowest BCUT2D eigenvalue weighted by molar-refractivity contribution is -0.137.